The Morgan fingerprint density at radius 3 is 2.13 bits per heavy atom. The van der Waals surface area contributed by atoms with Crippen LogP contribution in [0.3, 0.4) is 0 Å². The number of fused-ring (bicyclic) bond motifs is 12. The van der Waals surface area contributed by atoms with Crippen LogP contribution < -0.4 is 0 Å². The first-order valence-electron chi connectivity index (χ1n) is 13.1. The van der Waals surface area contributed by atoms with Crippen LogP contribution in [0.5, 0.6) is 0 Å². The number of nitrogens with zero attached hydrogens (tertiary/aromatic N) is 3. The van der Waals surface area contributed by atoms with Crippen molar-refractivity contribution in [1.82, 2.24) is 4.57 Å². The van der Waals surface area contributed by atoms with Gasteiger partial charge in [0.15, 0.2) is 5.84 Å². The molecular formula is C35H23N3O. The van der Waals surface area contributed by atoms with Crippen molar-refractivity contribution in [2.45, 2.75) is 6.67 Å². The van der Waals surface area contributed by atoms with Gasteiger partial charge in [-0.05, 0) is 24.2 Å². The van der Waals surface area contributed by atoms with Crippen LogP contribution in [0.2, 0.25) is 0 Å². The summed E-state index contributed by atoms with van der Waals surface area (Å²) in [7, 11) is 0. The molecule has 4 heteroatoms. The van der Waals surface area contributed by atoms with Gasteiger partial charge < -0.3 is 8.98 Å². The first kappa shape index (κ1) is 21.8. The van der Waals surface area contributed by atoms with Gasteiger partial charge in [0, 0.05) is 43.3 Å². The average Bonchev–Trinajstić information content (AvgIpc) is 3.55. The lowest BCUT2D eigenvalue weighted by molar-refractivity contribution is 0.676. The molecule has 39 heavy (non-hydrogen) atoms. The van der Waals surface area contributed by atoms with Crippen LogP contribution in [-0.4, -0.2) is 17.1 Å². The Bertz CT molecular complexity index is 2270. The molecule has 0 radical (unpaired) electrons. The zero-order valence-electron chi connectivity index (χ0n) is 21.1. The second-order valence-corrected chi connectivity index (χ2v) is 9.83. The Labute approximate surface area is 224 Å². The Hall–Kier alpha value is -5.22. The maximum absolute atomic E-state index is 6.76. The highest BCUT2D eigenvalue weighted by molar-refractivity contribution is 6.36. The fourth-order valence-electron chi connectivity index (χ4n) is 6.09. The van der Waals surface area contributed by atoms with Gasteiger partial charge in [-0.2, -0.15) is 0 Å². The molecule has 0 unspecified atom stereocenters. The zero-order valence-corrected chi connectivity index (χ0v) is 21.1. The Morgan fingerprint density at radius 1 is 0.615 bits per heavy atom. The van der Waals surface area contributed by atoms with Crippen molar-refractivity contribution >= 4 is 77.8 Å². The summed E-state index contributed by atoms with van der Waals surface area (Å²) in [6.45, 7) is 4.22. The van der Waals surface area contributed by atoms with Crippen LogP contribution in [0.4, 0.5) is 0 Å². The van der Waals surface area contributed by atoms with Crippen molar-refractivity contribution in [2.75, 3.05) is 0 Å². The van der Waals surface area contributed by atoms with E-state index in [1.54, 1.807) is 0 Å². The van der Waals surface area contributed by atoms with Crippen LogP contribution >= 0.6 is 0 Å². The fourth-order valence-corrected chi connectivity index (χ4v) is 6.09. The first-order chi connectivity index (χ1) is 19.3. The van der Waals surface area contributed by atoms with Gasteiger partial charge in [-0.15, -0.1) is 0 Å². The lowest BCUT2D eigenvalue weighted by Crippen LogP contribution is -2.02. The normalized spacial score (nSPS) is 12.5. The number of amidine groups is 1. The molecule has 0 bridgehead atoms. The number of aliphatic imine (C=N–C) groups is 2. The van der Waals surface area contributed by atoms with Gasteiger partial charge in [0.25, 0.3) is 0 Å². The van der Waals surface area contributed by atoms with E-state index >= 15 is 0 Å². The molecule has 8 rings (SSSR count). The predicted molar refractivity (Wildman–Crippen MR) is 164 cm³/mol. The molecule has 2 heterocycles. The number of rotatable bonds is 3. The Kier molecular flexibility index (Phi) is 4.70. The van der Waals surface area contributed by atoms with E-state index in [4.69, 9.17) is 9.41 Å². The minimum absolute atomic E-state index is 0.418. The molecule has 0 spiro atoms. The number of hydrogen-bond acceptors (Lipinski definition) is 2. The summed E-state index contributed by atoms with van der Waals surface area (Å²) < 4.78 is 9.06. The molecule has 8 aromatic rings. The van der Waals surface area contributed by atoms with Gasteiger partial charge in [0.2, 0.25) is 0 Å². The summed E-state index contributed by atoms with van der Waals surface area (Å²) in [6.07, 6.45) is 0. The third-order valence-electron chi connectivity index (χ3n) is 7.77. The summed E-state index contributed by atoms with van der Waals surface area (Å²) in [4.78, 5) is 9.22. The van der Waals surface area contributed by atoms with Gasteiger partial charge in [-0.25, -0.2) is 9.98 Å². The van der Waals surface area contributed by atoms with Gasteiger partial charge >= 0.3 is 0 Å². The highest BCUT2D eigenvalue weighted by Crippen LogP contribution is 2.46. The van der Waals surface area contributed by atoms with Gasteiger partial charge in [0.05, 0.1) is 11.0 Å². The molecule has 0 fully saturated rings. The smallest absolute Gasteiger partial charge is 0.155 e. The van der Waals surface area contributed by atoms with E-state index in [2.05, 4.69) is 101 Å². The van der Waals surface area contributed by atoms with E-state index in [-0.39, 0.29) is 0 Å². The van der Waals surface area contributed by atoms with Crippen LogP contribution in [0.25, 0.3) is 65.3 Å². The monoisotopic (exact) mass is 501 g/mol. The molecule has 184 valence electrons. The van der Waals surface area contributed by atoms with Crippen LogP contribution in [-0.2, 0) is 6.67 Å². The highest BCUT2D eigenvalue weighted by atomic mass is 16.3. The maximum atomic E-state index is 6.76. The second kappa shape index (κ2) is 8.40. The number of hydrogen-bond donors (Lipinski definition) is 0. The molecule has 0 aliphatic carbocycles. The van der Waals surface area contributed by atoms with E-state index < -0.39 is 0 Å². The molecule has 0 aliphatic rings. The summed E-state index contributed by atoms with van der Waals surface area (Å²) in [5.41, 5.74) is 5.08. The number of aromatic nitrogens is 1. The molecule has 6 aromatic carbocycles. The quantitative estimate of drug-likeness (QED) is 0.176. The molecule has 0 aliphatic heterocycles. The zero-order chi connectivity index (χ0) is 25.9. The van der Waals surface area contributed by atoms with Crippen molar-refractivity contribution in [1.29, 1.82) is 0 Å². The van der Waals surface area contributed by atoms with Gasteiger partial charge in [-0.1, -0.05) is 103 Å². The molecule has 4 nitrogen and oxygen atoms in total. The lowest BCUT2D eigenvalue weighted by Gasteiger charge is -2.09. The Morgan fingerprint density at radius 2 is 1.31 bits per heavy atom. The van der Waals surface area contributed by atoms with E-state index in [1.807, 2.05) is 30.3 Å². The number of benzene rings is 6. The number of furan rings is 1. The largest absolute Gasteiger partial charge is 0.455 e. The predicted octanol–water partition coefficient (Wildman–Crippen LogP) is 9.11. The standard InChI is InChI=1S/C35H23N3O/c1-36-35(23-12-3-2-4-13-23)37-21-38-29-18-10-9-17-27(29)30-31-28-20-19-22-11-5-6-14-24(22)33(28)39-34(31)26-16-8-7-15-25(26)32(30)38/h2-20H,1,21H2/b37-35-. The first-order valence-corrected chi connectivity index (χ1v) is 13.1. The second-order valence-electron chi connectivity index (χ2n) is 9.83. The fraction of sp³-hybridized carbons (Fsp3) is 0.0286. The van der Waals surface area contributed by atoms with Crippen molar-refractivity contribution in [2.24, 2.45) is 9.98 Å². The third kappa shape index (κ3) is 3.12. The number of para-hydroxylation sites is 1. The molecule has 0 saturated heterocycles. The van der Waals surface area contributed by atoms with Crippen LogP contribution in [0, 0.1) is 0 Å². The van der Waals surface area contributed by atoms with Crippen molar-refractivity contribution in [3.8, 4) is 0 Å². The molecule has 0 N–H and O–H groups in total. The lowest BCUT2D eigenvalue weighted by atomic mass is 9.98. The maximum Gasteiger partial charge on any atom is 0.155 e. The summed E-state index contributed by atoms with van der Waals surface area (Å²) in [6, 6.07) is 39.9. The van der Waals surface area contributed by atoms with Crippen LogP contribution in [0.1, 0.15) is 5.56 Å². The molecule has 0 saturated carbocycles. The summed E-state index contributed by atoms with van der Waals surface area (Å²) >= 11 is 0. The Balaban J connectivity index is 1.54. The minimum atomic E-state index is 0.418. The molecular weight excluding hydrogens is 478 g/mol. The van der Waals surface area contributed by atoms with Crippen molar-refractivity contribution < 1.29 is 4.42 Å². The van der Waals surface area contributed by atoms with Gasteiger partial charge in [-0.3, -0.25) is 0 Å². The topological polar surface area (TPSA) is 42.8 Å². The average molecular weight is 502 g/mol. The molecule has 0 amide bonds. The summed E-state index contributed by atoms with van der Waals surface area (Å²) in [5.74, 6) is 0.632. The third-order valence-corrected chi connectivity index (χ3v) is 7.77. The van der Waals surface area contributed by atoms with Crippen molar-refractivity contribution in [3.05, 3.63) is 121 Å². The van der Waals surface area contributed by atoms with E-state index in [0.29, 0.717) is 12.5 Å². The van der Waals surface area contributed by atoms with Crippen molar-refractivity contribution in [3.63, 3.8) is 0 Å². The highest BCUT2D eigenvalue weighted by Gasteiger charge is 2.22. The van der Waals surface area contributed by atoms with E-state index in [0.717, 1.165) is 54.7 Å². The SMILES string of the molecule is C=N/C(=N\Cn1c2ccccc2c2c3c4ccc5ccccc5c4oc3c3ccccc3c21)c1ccccc1. The summed E-state index contributed by atoms with van der Waals surface area (Å²) in [5, 5.41) is 9.18. The van der Waals surface area contributed by atoms with Crippen LogP contribution in [0.15, 0.2) is 130 Å². The minimum Gasteiger partial charge on any atom is -0.455 e. The van der Waals surface area contributed by atoms with E-state index in [9.17, 15) is 0 Å². The van der Waals surface area contributed by atoms with E-state index in [1.165, 1.54) is 16.2 Å². The van der Waals surface area contributed by atoms with Gasteiger partial charge in [0.1, 0.15) is 17.8 Å². The molecule has 0 atom stereocenters. The molecule has 2 aromatic heterocycles.